The Kier molecular flexibility index (Phi) is 6.51. The lowest BCUT2D eigenvalue weighted by atomic mass is 10.1. The molecule has 0 aliphatic carbocycles. The number of nitrogens with zero attached hydrogens (tertiary/aromatic N) is 2. The van der Waals surface area contributed by atoms with Gasteiger partial charge < -0.3 is 19.7 Å². The van der Waals surface area contributed by atoms with Gasteiger partial charge in [-0.15, -0.1) is 0 Å². The lowest BCUT2D eigenvalue weighted by Gasteiger charge is -2.37. The molecule has 25 heavy (non-hydrogen) atoms. The van der Waals surface area contributed by atoms with Gasteiger partial charge in [-0.25, -0.2) is 4.39 Å². The molecular weight excluding hydrogens is 345 g/mol. The first kappa shape index (κ1) is 18.4. The molecule has 2 heterocycles. The van der Waals surface area contributed by atoms with E-state index in [1.807, 2.05) is 0 Å². The van der Waals surface area contributed by atoms with Gasteiger partial charge in [-0.3, -0.25) is 4.99 Å². The van der Waals surface area contributed by atoms with Crippen molar-refractivity contribution in [2.24, 2.45) is 4.99 Å². The summed E-state index contributed by atoms with van der Waals surface area (Å²) in [5, 5.41) is 3.77. The Bertz CT molecular complexity index is 588. The number of rotatable bonds is 4. The van der Waals surface area contributed by atoms with Crippen molar-refractivity contribution in [2.45, 2.75) is 31.5 Å². The quantitative estimate of drug-likeness (QED) is 0.654. The number of nitrogens with one attached hydrogen (secondary N) is 1. The van der Waals surface area contributed by atoms with Crippen LogP contribution >= 0.6 is 11.6 Å². The van der Waals surface area contributed by atoms with E-state index in [4.69, 9.17) is 21.1 Å². The van der Waals surface area contributed by atoms with E-state index in [2.05, 4.69) is 15.2 Å². The summed E-state index contributed by atoms with van der Waals surface area (Å²) >= 11 is 6.08. The Morgan fingerprint density at radius 3 is 2.92 bits per heavy atom. The van der Waals surface area contributed by atoms with Crippen molar-refractivity contribution in [1.29, 1.82) is 0 Å². The van der Waals surface area contributed by atoms with Gasteiger partial charge >= 0.3 is 0 Å². The third-order valence-electron chi connectivity index (χ3n) is 4.70. The first-order valence-electron chi connectivity index (χ1n) is 8.80. The Balaban J connectivity index is 1.53. The lowest BCUT2D eigenvalue weighted by molar-refractivity contribution is -0.0816. The van der Waals surface area contributed by atoms with Crippen molar-refractivity contribution in [1.82, 2.24) is 10.2 Å². The second-order valence-corrected chi connectivity index (χ2v) is 6.74. The largest absolute Gasteiger partial charge is 0.375 e. The van der Waals surface area contributed by atoms with Crippen molar-refractivity contribution in [3.8, 4) is 0 Å². The average molecular weight is 370 g/mol. The Hall–Kier alpha value is -1.37. The van der Waals surface area contributed by atoms with Crippen LogP contribution in [0.1, 0.15) is 18.4 Å². The van der Waals surface area contributed by atoms with E-state index in [9.17, 15) is 4.39 Å². The number of halogens is 2. The van der Waals surface area contributed by atoms with Crippen molar-refractivity contribution >= 4 is 17.6 Å². The zero-order chi connectivity index (χ0) is 17.6. The number of hydrogen-bond donors (Lipinski definition) is 1. The van der Waals surface area contributed by atoms with Crippen LogP contribution < -0.4 is 5.32 Å². The Morgan fingerprint density at radius 2 is 2.20 bits per heavy atom. The van der Waals surface area contributed by atoms with Crippen LogP contribution in [0.4, 0.5) is 4.39 Å². The Morgan fingerprint density at radius 1 is 1.36 bits per heavy atom. The molecule has 1 aromatic carbocycles. The van der Waals surface area contributed by atoms with Crippen LogP contribution in [0.25, 0.3) is 0 Å². The van der Waals surface area contributed by atoms with Gasteiger partial charge in [0, 0.05) is 43.9 Å². The molecule has 2 fully saturated rings. The van der Waals surface area contributed by atoms with Crippen molar-refractivity contribution in [3.05, 3.63) is 34.6 Å². The summed E-state index contributed by atoms with van der Waals surface area (Å²) in [5.74, 6) is 0.535. The Labute approximate surface area is 153 Å². The topological polar surface area (TPSA) is 46.1 Å². The number of guanidine groups is 1. The zero-order valence-corrected chi connectivity index (χ0v) is 15.3. The molecule has 7 heteroatoms. The molecule has 0 saturated carbocycles. The van der Waals surface area contributed by atoms with Crippen LogP contribution in [0, 0.1) is 5.82 Å². The molecule has 2 atom stereocenters. The highest BCUT2D eigenvalue weighted by Gasteiger charge is 2.32. The van der Waals surface area contributed by atoms with Gasteiger partial charge in [0.25, 0.3) is 0 Å². The van der Waals surface area contributed by atoms with Gasteiger partial charge in [-0.2, -0.15) is 0 Å². The highest BCUT2D eigenvalue weighted by Crippen LogP contribution is 2.21. The van der Waals surface area contributed by atoms with E-state index in [0.29, 0.717) is 30.2 Å². The average Bonchev–Trinajstić information content (AvgIpc) is 3.16. The fourth-order valence-electron chi connectivity index (χ4n) is 3.39. The van der Waals surface area contributed by atoms with Crippen LogP contribution in [0.3, 0.4) is 0 Å². The predicted molar refractivity (Wildman–Crippen MR) is 96.8 cm³/mol. The molecule has 2 unspecified atom stereocenters. The minimum atomic E-state index is -0.269. The van der Waals surface area contributed by atoms with Gasteiger partial charge in [0.2, 0.25) is 0 Å². The molecule has 3 rings (SSSR count). The summed E-state index contributed by atoms with van der Waals surface area (Å²) < 4.78 is 25.5. The highest BCUT2D eigenvalue weighted by molar-refractivity contribution is 6.31. The molecule has 0 radical (unpaired) electrons. The van der Waals surface area contributed by atoms with Crippen molar-refractivity contribution in [2.75, 3.05) is 39.9 Å². The summed E-state index contributed by atoms with van der Waals surface area (Å²) in [6.07, 6.45) is 2.91. The van der Waals surface area contributed by atoms with E-state index in [1.165, 1.54) is 6.07 Å². The molecule has 0 spiro atoms. The van der Waals surface area contributed by atoms with E-state index in [1.54, 1.807) is 19.2 Å². The monoisotopic (exact) mass is 369 g/mol. The summed E-state index contributed by atoms with van der Waals surface area (Å²) in [6, 6.07) is 4.76. The van der Waals surface area contributed by atoms with Gasteiger partial charge in [0.05, 0.1) is 12.7 Å². The molecule has 2 aliphatic heterocycles. The van der Waals surface area contributed by atoms with Gasteiger partial charge in [0.15, 0.2) is 5.96 Å². The maximum atomic E-state index is 13.9. The normalized spacial score (nSPS) is 24.6. The number of benzene rings is 1. The molecule has 5 nitrogen and oxygen atoms in total. The summed E-state index contributed by atoms with van der Waals surface area (Å²) in [6.45, 7) is 3.58. The molecule has 1 N–H and O–H groups in total. The van der Waals surface area contributed by atoms with Crippen LogP contribution in [-0.2, 0) is 15.9 Å². The zero-order valence-electron chi connectivity index (χ0n) is 14.5. The summed E-state index contributed by atoms with van der Waals surface area (Å²) in [7, 11) is 1.76. The van der Waals surface area contributed by atoms with Crippen LogP contribution in [0.2, 0.25) is 5.02 Å². The molecule has 2 aliphatic rings. The fraction of sp³-hybridized carbons (Fsp3) is 0.611. The molecule has 1 aromatic rings. The first-order valence-corrected chi connectivity index (χ1v) is 9.18. The summed E-state index contributed by atoms with van der Waals surface area (Å²) in [5.41, 5.74) is 0.534. The van der Waals surface area contributed by atoms with E-state index >= 15 is 0 Å². The molecule has 0 bridgehead atoms. The maximum Gasteiger partial charge on any atom is 0.193 e. The van der Waals surface area contributed by atoms with Gasteiger partial charge in [0.1, 0.15) is 11.9 Å². The fourth-order valence-corrected chi connectivity index (χ4v) is 3.65. The standard InChI is InChI=1S/C18H25ClFN3O2/c1-21-18(22-8-7-13-14(19)4-2-5-15(13)20)23-9-11-25-17(12-23)16-6-3-10-24-16/h2,4-5,16-17H,3,6-12H2,1H3,(H,21,22). The smallest absolute Gasteiger partial charge is 0.193 e. The third kappa shape index (κ3) is 4.63. The minimum Gasteiger partial charge on any atom is -0.375 e. The van der Waals surface area contributed by atoms with Crippen molar-refractivity contribution < 1.29 is 13.9 Å². The summed E-state index contributed by atoms with van der Waals surface area (Å²) in [4.78, 5) is 6.54. The van der Waals surface area contributed by atoms with E-state index in [-0.39, 0.29) is 18.0 Å². The number of morpholine rings is 1. The van der Waals surface area contributed by atoms with Gasteiger partial charge in [-0.05, 0) is 31.4 Å². The molecule has 138 valence electrons. The third-order valence-corrected chi connectivity index (χ3v) is 5.06. The highest BCUT2D eigenvalue weighted by atomic mass is 35.5. The molecule has 0 amide bonds. The van der Waals surface area contributed by atoms with Gasteiger partial charge in [-0.1, -0.05) is 17.7 Å². The number of ether oxygens (including phenoxy) is 2. The molecular formula is C18H25ClFN3O2. The van der Waals surface area contributed by atoms with Crippen LogP contribution in [0.15, 0.2) is 23.2 Å². The molecule has 2 saturated heterocycles. The maximum absolute atomic E-state index is 13.9. The number of aliphatic imine (C=N–C) groups is 1. The predicted octanol–water partition coefficient (Wildman–Crippen LogP) is 2.48. The molecule has 0 aromatic heterocycles. The van der Waals surface area contributed by atoms with Crippen molar-refractivity contribution in [3.63, 3.8) is 0 Å². The minimum absolute atomic E-state index is 0.0795. The van der Waals surface area contributed by atoms with Crippen LogP contribution in [0.5, 0.6) is 0 Å². The van der Waals surface area contributed by atoms with E-state index < -0.39 is 0 Å². The van der Waals surface area contributed by atoms with Crippen LogP contribution in [-0.4, -0.2) is 63.0 Å². The first-order chi connectivity index (χ1) is 12.2. The second kappa shape index (κ2) is 8.83. The second-order valence-electron chi connectivity index (χ2n) is 6.33. The van der Waals surface area contributed by atoms with E-state index in [0.717, 1.165) is 38.5 Å². The lowest BCUT2D eigenvalue weighted by Crippen LogP contribution is -2.53. The number of hydrogen-bond acceptors (Lipinski definition) is 3. The SMILES string of the molecule is CN=C(NCCc1c(F)cccc1Cl)N1CCOC(C2CCCO2)C1.